The van der Waals surface area contributed by atoms with Gasteiger partial charge in [-0.2, -0.15) is 5.10 Å². The van der Waals surface area contributed by atoms with Crippen molar-refractivity contribution in [3.63, 3.8) is 0 Å². The van der Waals surface area contributed by atoms with Gasteiger partial charge in [-0.15, -0.1) is 30.6 Å². The van der Waals surface area contributed by atoms with Crippen LogP contribution in [0.3, 0.4) is 0 Å². The quantitative estimate of drug-likeness (QED) is 0.254. The number of methoxy groups -OCH3 is 1. The Morgan fingerprint density at radius 2 is 2.27 bits per heavy atom. The summed E-state index contributed by atoms with van der Waals surface area (Å²) in [7, 11) is 3.53. The lowest BCUT2D eigenvalue weighted by molar-refractivity contribution is 0.369. The predicted molar refractivity (Wildman–Crippen MR) is 114 cm³/mol. The number of guanidine groups is 1. The molecule has 0 bridgehead atoms. The van der Waals surface area contributed by atoms with Gasteiger partial charge >= 0.3 is 0 Å². The third kappa shape index (κ3) is 6.08. The highest BCUT2D eigenvalue weighted by Gasteiger charge is 2.15. The number of rotatable bonds is 9. The van der Waals surface area contributed by atoms with Gasteiger partial charge in [0.2, 0.25) is 5.88 Å². The van der Waals surface area contributed by atoms with E-state index in [1.165, 1.54) is 0 Å². The van der Waals surface area contributed by atoms with Crippen LogP contribution in [-0.2, 0) is 26.4 Å². The first-order valence-corrected chi connectivity index (χ1v) is 8.43. The molecule has 0 saturated carbocycles. The van der Waals surface area contributed by atoms with Crippen LogP contribution in [-0.4, -0.2) is 35.9 Å². The highest BCUT2D eigenvalue weighted by atomic mass is 127. The van der Waals surface area contributed by atoms with E-state index in [-0.39, 0.29) is 24.0 Å². The molecule has 0 spiro atoms. The Morgan fingerprint density at radius 3 is 2.88 bits per heavy atom. The second-order valence-corrected chi connectivity index (χ2v) is 5.50. The van der Waals surface area contributed by atoms with Crippen molar-refractivity contribution in [1.29, 1.82) is 0 Å². The third-order valence-electron chi connectivity index (χ3n) is 3.75. The van der Waals surface area contributed by atoms with Crippen molar-refractivity contribution in [2.45, 2.75) is 26.3 Å². The first-order chi connectivity index (χ1) is 12.2. The molecular weight excluding hydrogens is 445 g/mol. The fourth-order valence-electron chi connectivity index (χ4n) is 2.56. The lowest BCUT2D eigenvalue weighted by atomic mass is 10.2. The summed E-state index contributed by atoms with van der Waals surface area (Å²) in [5.74, 6) is 2.41. The van der Waals surface area contributed by atoms with Crippen molar-refractivity contribution >= 4 is 29.9 Å². The lowest BCUT2D eigenvalue weighted by Gasteiger charge is -2.11. The maximum atomic E-state index is 5.46. The number of nitrogens with zero attached hydrogens (tertiary/aromatic N) is 3. The van der Waals surface area contributed by atoms with Crippen molar-refractivity contribution in [3.05, 3.63) is 48.1 Å². The maximum Gasteiger partial charge on any atom is 0.216 e. The van der Waals surface area contributed by atoms with Crippen LogP contribution >= 0.6 is 24.0 Å². The number of furan rings is 1. The Labute approximate surface area is 171 Å². The molecule has 2 heterocycles. The molecule has 2 N–H and O–H groups in total. The first kappa shape index (κ1) is 22.1. The second-order valence-electron chi connectivity index (χ2n) is 5.50. The monoisotopic (exact) mass is 473 g/mol. The summed E-state index contributed by atoms with van der Waals surface area (Å²) in [5.41, 5.74) is 2.01. The van der Waals surface area contributed by atoms with Gasteiger partial charge in [-0.3, -0.25) is 0 Å². The molecule has 0 fully saturated rings. The van der Waals surface area contributed by atoms with Crippen LogP contribution < -0.4 is 15.4 Å². The summed E-state index contributed by atoms with van der Waals surface area (Å²) < 4.78 is 12.6. The SMILES string of the molecule is C=CCNC(=NCc1c(CC)nn(C)c1OC)NCCc1ccco1.I. The van der Waals surface area contributed by atoms with Crippen LogP contribution in [0.5, 0.6) is 5.88 Å². The van der Waals surface area contributed by atoms with Crippen molar-refractivity contribution in [3.8, 4) is 5.88 Å². The maximum absolute atomic E-state index is 5.46. The molecular formula is C18H28IN5O2. The van der Waals surface area contributed by atoms with Crippen molar-refractivity contribution in [2.24, 2.45) is 12.0 Å². The summed E-state index contributed by atoms with van der Waals surface area (Å²) in [5, 5.41) is 11.0. The normalized spacial score (nSPS) is 11.0. The molecule has 0 saturated heterocycles. The molecule has 0 radical (unpaired) electrons. The van der Waals surface area contributed by atoms with Gasteiger partial charge in [0.15, 0.2) is 5.96 Å². The van der Waals surface area contributed by atoms with E-state index in [1.807, 2.05) is 19.2 Å². The lowest BCUT2D eigenvalue weighted by Crippen LogP contribution is -2.38. The predicted octanol–water partition coefficient (Wildman–Crippen LogP) is 2.67. The van der Waals surface area contributed by atoms with E-state index >= 15 is 0 Å². The molecule has 8 heteroatoms. The van der Waals surface area contributed by atoms with Crippen molar-refractivity contribution < 1.29 is 9.15 Å². The number of aliphatic imine (C=N–C) groups is 1. The Hall–Kier alpha value is -1.97. The zero-order chi connectivity index (χ0) is 18.1. The molecule has 0 aliphatic carbocycles. The van der Waals surface area contributed by atoms with E-state index in [9.17, 15) is 0 Å². The standard InChI is InChI=1S/C18H27N5O2.HI/c1-5-10-19-18(20-11-9-14-8-7-12-25-14)21-13-15-16(6-2)22-23(3)17(15)24-4;/h5,7-8,12H,1,6,9-11,13H2,2-4H3,(H2,19,20,21);1H. The van der Waals surface area contributed by atoms with Crippen LogP contribution in [0.2, 0.25) is 0 Å². The average molecular weight is 473 g/mol. The zero-order valence-electron chi connectivity index (χ0n) is 15.6. The van der Waals surface area contributed by atoms with Crippen LogP contribution in [0.1, 0.15) is 23.9 Å². The zero-order valence-corrected chi connectivity index (χ0v) is 17.9. The van der Waals surface area contributed by atoms with Gasteiger partial charge < -0.3 is 19.8 Å². The number of hydrogen-bond donors (Lipinski definition) is 2. The summed E-state index contributed by atoms with van der Waals surface area (Å²) in [6.45, 7) is 7.67. The van der Waals surface area contributed by atoms with Crippen LogP contribution in [0.25, 0.3) is 0 Å². The van der Waals surface area contributed by atoms with E-state index in [1.54, 1.807) is 24.1 Å². The third-order valence-corrected chi connectivity index (χ3v) is 3.75. The Balaban J connectivity index is 0.00000338. The molecule has 0 atom stereocenters. The van der Waals surface area contributed by atoms with E-state index in [4.69, 9.17) is 9.15 Å². The Bertz CT molecular complexity index is 695. The van der Waals surface area contributed by atoms with Crippen molar-refractivity contribution in [2.75, 3.05) is 20.2 Å². The molecule has 26 heavy (non-hydrogen) atoms. The summed E-state index contributed by atoms with van der Waals surface area (Å²) >= 11 is 0. The number of nitrogens with one attached hydrogen (secondary N) is 2. The van der Waals surface area contributed by atoms with Crippen LogP contribution in [0.15, 0.2) is 40.5 Å². The minimum Gasteiger partial charge on any atom is -0.481 e. The van der Waals surface area contributed by atoms with Gasteiger partial charge in [-0.1, -0.05) is 13.0 Å². The molecule has 2 rings (SSSR count). The topological polar surface area (TPSA) is 76.6 Å². The summed E-state index contributed by atoms with van der Waals surface area (Å²) in [6.07, 6.45) is 5.11. The Kier molecular flexibility index (Phi) is 9.85. The van der Waals surface area contributed by atoms with Gasteiger partial charge in [0, 0.05) is 26.6 Å². The molecule has 0 aliphatic rings. The molecule has 7 nitrogen and oxygen atoms in total. The molecule has 2 aromatic heterocycles. The molecule has 0 amide bonds. The van der Waals surface area contributed by atoms with Crippen LogP contribution in [0, 0.1) is 0 Å². The van der Waals surface area contributed by atoms with E-state index in [0.717, 1.165) is 48.2 Å². The highest BCUT2D eigenvalue weighted by Crippen LogP contribution is 2.22. The van der Waals surface area contributed by atoms with E-state index in [2.05, 4.69) is 34.2 Å². The van der Waals surface area contributed by atoms with Crippen LogP contribution in [0.4, 0.5) is 0 Å². The number of aromatic nitrogens is 2. The Morgan fingerprint density at radius 1 is 1.46 bits per heavy atom. The van der Waals surface area contributed by atoms with Gasteiger partial charge in [-0.05, 0) is 18.6 Å². The average Bonchev–Trinajstić information content (AvgIpc) is 3.23. The van der Waals surface area contributed by atoms with Crippen molar-refractivity contribution in [1.82, 2.24) is 20.4 Å². The summed E-state index contributed by atoms with van der Waals surface area (Å²) in [6, 6.07) is 3.85. The minimum absolute atomic E-state index is 0. The van der Waals surface area contributed by atoms with Gasteiger partial charge in [0.1, 0.15) is 5.76 Å². The fraction of sp³-hybridized carbons (Fsp3) is 0.444. The molecule has 0 aromatic carbocycles. The molecule has 0 aliphatic heterocycles. The second kappa shape index (κ2) is 11.6. The number of aryl methyl sites for hydroxylation is 2. The summed E-state index contributed by atoms with van der Waals surface area (Å²) in [4.78, 5) is 4.66. The number of halogens is 1. The van der Waals surface area contributed by atoms with Gasteiger partial charge in [-0.25, -0.2) is 9.67 Å². The minimum atomic E-state index is 0. The smallest absolute Gasteiger partial charge is 0.216 e. The fourth-order valence-corrected chi connectivity index (χ4v) is 2.56. The van der Waals surface area contributed by atoms with Gasteiger partial charge in [0.05, 0.1) is 31.2 Å². The first-order valence-electron chi connectivity index (χ1n) is 8.43. The van der Waals surface area contributed by atoms with Gasteiger partial charge in [0.25, 0.3) is 0 Å². The molecule has 2 aromatic rings. The molecule has 144 valence electrons. The van der Waals surface area contributed by atoms with E-state index in [0.29, 0.717) is 13.1 Å². The highest BCUT2D eigenvalue weighted by molar-refractivity contribution is 14.0. The largest absolute Gasteiger partial charge is 0.481 e. The number of ether oxygens (including phenoxy) is 1. The van der Waals surface area contributed by atoms with E-state index < -0.39 is 0 Å². The number of hydrogen-bond acceptors (Lipinski definition) is 4. The molecule has 0 unspecified atom stereocenters.